The number of Topliss-reactive ketones (excluding diaryl/α,β-unsaturated/α-hetero) is 1. The van der Waals surface area contributed by atoms with E-state index in [9.17, 15) is 10.1 Å². The van der Waals surface area contributed by atoms with Crippen molar-refractivity contribution in [3.63, 3.8) is 0 Å². The first kappa shape index (κ1) is 13.7. The normalized spacial score (nSPS) is 13.9. The Morgan fingerprint density at radius 1 is 1.47 bits per heavy atom. The molecule has 0 aliphatic carbocycles. The van der Waals surface area contributed by atoms with E-state index < -0.39 is 5.92 Å². The van der Waals surface area contributed by atoms with Crippen molar-refractivity contribution in [3.05, 3.63) is 29.3 Å². The zero-order valence-electron chi connectivity index (χ0n) is 11.1. The minimum absolute atomic E-state index is 0.0107. The van der Waals surface area contributed by atoms with Crippen LogP contribution in [0.1, 0.15) is 37.6 Å². The van der Waals surface area contributed by atoms with E-state index in [1.807, 2.05) is 38.1 Å². The van der Waals surface area contributed by atoms with E-state index >= 15 is 0 Å². The number of carbonyl (C=O) groups excluding carboxylic acids is 1. The average molecular weight is 272 g/mol. The van der Waals surface area contributed by atoms with Crippen LogP contribution in [-0.2, 0) is 4.79 Å². The van der Waals surface area contributed by atoms with Crippen LogP contribution < -0.4 is 0 Å². The quantitative estimate of drug-likeness (QED) is 0.829. The Morgan fingerprint density at radius 3 is 2.84 bits per heavy atom. The van der Waals surface area contributed by atoms with E-state index in [0.717, 1.165) is 23.1 Å². The molecule has 2 rings (SSSR count). The number of nitrogens with zero attached hydrogens (tertiary/aromatic N) is 2. The van der Waals surface area contributed by atoms with Gasteiger partial charge in [-0.15, -0.1) is 11.3 Å². The van der Waals surface area contributed by atoms with Gasteiger partial charge in [-0.2, -0.15) is 5.26 Å². The molecule has 0 radical (unpaired) electrons. The Labute approximate surface area is 116 Å². The molecule has 2 aromatic rings. The van der Waals surface area contributed by atoms with Crippen LogP contribution in [0.25, 0.3) is 10.2 Å². The Morgan fingerprint density at radius 2 is 2.21 bits per heavy atom. The molecular weight excluding hydrogens is 256 g/mol. The predicted octanol–water partition coefficient (Wildman–Crippen LogP) is 3.91. The summed E-state index contributed by atoms with van der Waals surface area (Å²) < 4.78 is 1.02. The number of ketones is 1. The van der Waals surface area contributed by atoms with Crippen molar-refractivity contribution in [3.8, 4) is 6.07 Å². The highest BCUT2D eigenvalue weighted by Crippen LogP contribution is 2.29. The highest BCUT2D eigenvalue weighted by molar-refractivity contribution is 7.18. The monoisotopic (exact) mass is 272 g/mol. The fourth-order valence-electron chi connectivity index (χ4n) is 2.11. The van der Waals surface area contributed by atoms with Crippen molar-refractivity contribution in [2.75, 3.05) is 0 Å². The average Bonchev–Trinajstić information content (AvgIpc) is 2.83. The van der Waals surface area contributed by atoms with Crippen molar-refractivity contribution in [2.24, 2.45) is 5.92 Å². The molecule has 1 aromatic carbocycles. The smallest absolute Gasteiger partial charge is 0.159 e. The van der Waals surface area contributed by atoms with E-state index in [1.165, 1.54) is 11.3 Å². The third-order valence-corrected chi connectivity index (χ3v) is 4.28. The van der Waals surface area contributed by atoms with Gasteiger partial charge in [0.1, 0.15) is 5.01 Å². The van der Waals surface area contributed by atoms with E-state index in [1.54, 1.807) is 0 Å². The second-order valence-corrected chi connectivity index (χ2v) is 5.74. The number of rotatable bonds is 5. The van der Waals surface area contributed by atoms with Gasteiger partial charge in [-0.05, 0) is 18.6 Å². The fourth-order valence-corrected chi connectivity index (χ4v) is 3.13. The summed E-state index contributed by atoms with van der Waals surface area (Å²) in [6, 6.07) is 9.84. The van der Waals surface area contributed by atoms with Gasteiger partial charge in [0.15, 0.2) is 11.7 Å². The molecule has 0 aliphatic heterocycles. The number of hydrogen-bond acceptors (Lipinski definition) is 4. The van der Waals surface area contributed by atoms with Crippen LogP contribution in [0.15, 0.2) is 24.3 Å². The van der Waals surface area contributed by atoms with Crippen LogP contribution in [0.5, 0.6) is 0 Å². The van der Waals surface area contributed by atoms with Gasteiger partial charge < -0.3 is 0 Å². The van der Waals surface area contributed by atoms with Gasteiger partial charge in [0.25, 0.3) is 0 Å². The van der Waals surface area contributed by atoms with Gasteiger partial charge in [0.05, 0.1) is 16.3 Å². The van der Waals surface area contributed by atoms with Crippen LogP contribution in [0.3, 0.4) is 0 Å². The molecule has 1 heterocycles. The summed E-state index contributed by atoms with van der Waals surface area (Å²) >= 11 is 1.44. The lowest BCUT2D eigenvalue weighted by atomic mass is 9.92. The highest BCUT2D eigenvalue weighted by Gasteiger charge is 2.27. The zero-order chi connectivity index (χ0) is 13.8. The molecule has 2 atom stereocenters. The fraction of sp³-hybridized carbons (Fsp3) is 0.400. The third kappa shape index (κ3) is 2.82. The lowest BCUT2D eigenvalue weighted by Crippen LogP contribution is -2.18. The predicted molar refractivity (Wildman–Crippen MR) is 77.1 cm³/mol. The number of para-hydroxylation sites is 1. The lowest BCUT2D eigenvalue weighted by molar-refractivity contribution is -0.122. The maximum atomic E-state index is 12.3. The molecule has 19 heavy (non-hydrogen) atoms. The molecule has 0 aliphatic rings. The minimum Gasteiger partial charge on any atom is -0.297 e. The topological polar surface area (TPSA) is 53.8 Å². The van der Waals surface area contributed by atoms with Crippen molar-refractivity contribution in [1.82, 2.24) is 4.98 Å². The number of benzene rings is 1. The molecule has 0 spiro atoms. The van der Waals surface area contributed by atoms with Gasteiger partial charge in [-0.1, -0.05) is 32.4 Å². The van der Waals surface area contributed by atoms with E-state index in [-0.39, 0.29) is 11.7 Å². The van der Waals surface area contributed by atoms with E-state index in [0.29, 0.717) is 5.01 Å². The molecule has 1 aromatic heterocycles. The summed E-state index contributed by atoms with van der Waals surface area (Å²) in [6.07, 6.45) is 1.77. The molecule has 0 bridgehead atoms. The summed E-state index contributed by atoms with van der Waals surface area (Å²) in [5, 5.41) is 9.91. The largest absolute Gasteiger partial charge is 0.297 e. The van der Waals surface area contributed by atoms with Gasteiger partial charge in [0, 0.05) is 5.92 Å². The molecule has 4 heteroatoms. The summed E-state index contributed by atoms with van der Waals surface area (Å²) in [7, 11) is 0. The van der Waals surface area contributed by atoms with Gasteiger partial charge in [-0.3, -0.25) is 4.79 Å². The summed E-state index contributed by atoms with van der Waals surface area (Å²) in [4.78, 5) is 16.7. The number of aromatic nitrogens is 1. The molecule has 0 amide bonds. The summed E-state index contributed by atoms with van der Waals surface area (Å²) in [5.74, 6) is -0.816. The standard InChI is InChI=1S/C15H16N2OS/c1-3-6-10(2)14(18)11(9-16)15-17-12-7-4-5-8-13(12)19-15/h4-5,7-8,10-11H,3,6H2,1-2H3. The first-order valence-electron chi connectivity index (χ1n) is 6.46. The third-order valence-electron chi connectivity index (χ3n) is 3.18. The van der Waals surface area contributed by atoms with Gasteiger partial charge in [0.2, 0.25) is 0 Å². The number of hydrogen-bond donors (Lipinski definition) is 0. The molecule has 0 fully saturated rings. The van der Waals surface area contributed by atoms with Crippen LogP contribution >= 0.6 is 11.3 Å². The first-order valence-corrected chi connectivity index (χ1v) is 7.27. The molecule has 98 valence electrons. The molecule has 0 N–H and O–H groups in total. The van der Waals surface area contributed by atoms with Crippen LogP contribution in [0.4, 0.5) is 0 Å². The Hall–Kier alpha value is -1.73. The number of fused-ring (bicyclic) bond motifs is 1. The maximum Gasteiger partial charge on any atom is 0.159 e. The molecule has 2 unspecified atom stereocenters. The van der Waals surface area contributed by atoms with E-state index in [4.69, 9.17) is 0 Å². The Kier molecular flexibility index (Phi) is 4.28. The number of carbonyl (C=O) groups is 1. The van der Waals surface area contributed by atoms with E-state index in [2.05, 4.69) is 11.1 Å². The maximum absolute atomic E-state index is 12.3. The first-order chi connectivity index (χ1) is 9.17. The van der Waals surface area contributed by atoms with Gasteiger partial charge in [-0.25, -0.2) is 4.98 Å². The molecular formula is C15H16N2OS. The zero-order valence-corrected chi connectivity index (χ0v) is 11.9. The van der Waals surface area contributed by atoms with Crippen molar-refractivity contribution < 1.29 is 4.79 Å². The van der Waals surface area contributed by atoms with Crippen LogP contribution in [0, 0.1) is 17.2 Å². The molecule has 3 nitrogen and oxygen atoms in total. The van der Waals surface area contributed by atoms with Crippen molar-refractivity contribution in [2.45, 2.75) is 32.6 Å². The lowest BCUT2D eigenvalue weighted by Gasteiger charge is -2.11. The Bertz CT molecular complexity index is 593. The highest BCUT2D eigenvalue weighted by atomic mass is 32.1. The Balaban J connectivity index is 2.31. The van der Waals surface area contributed by atoms with Crippen LogP contribution in [0.2, 0.25) is 0 Å². The van der Waals surface area contributed by atoms with Gasteiger partial charge >= 0.3 is 0 Å². The second-order valence-electron chi connectivity index (χ2n) is 4.67. The summed E-state index contributed by atoms with van der Waals surface area (Å²) in [6.45, 7) is 3.94. The SMILES string of the molecule is CCCC(C)C(=O)C(C#N)c1nc2ccccc2s1. The number of nitriles is 1. The summed E-state index contributed by atoms with van der Waals surface area (Å²) in [5.41, 5.74) is 0.860. The molecule has 0 saturated heterocycles. The van der Waals surface area contributed by atoms with Crippen molar-refractivity contribution >= 4 is 27.3 Å². The van der Waals surface area contributed by atoms with Crippen molar-refractivity contribution in [1.29, 1.82) is 5.26 Å². The number of thiazole rings is 1. The minimum atomic E-state index is -0.723. The second kappa shape index (κ2) is 5.94. The van der Waals surface area contributed by atoms with Crippen LogP contribution in [-0.4, -0.2) is 10.8 Å². The molecule has 0 saturated carbocycles.